The molecule has 0 aliphatic rings. The molecule has 3 N–H and O–H groups in total. The van der Waals surface area contributed by atoms with Crippen LogP contribution in [0.5, 0.6) is 5.88 Å². The lowest BCUT2D eigenvalue weighted by Gasteiger charge is -2.08. The van der Waals surface area contributed by atoms with Crippen LogP contribution in [0.1, 0.15) is 19.8 Å². The van der Waals surface area contributed by atoms with Crippen molar-refractivity contribution in [3.05, 3.63) is 11.2 Å². The summed E-state index contributed by atoms with van der Waals surface area (Å²) >= 11 is 5.86. The van der Waals surface area contributed by atoms with Gasteiger partial charge in [-0.2, -0.15) is 4.98 Å². The van der Waals surface area contributed by atoms with E-state index in [0.717, 1.165) is 19.4 Å². The zero-order valence-electron chi connectivity index (χ0n) is 9.78. The number of aromatic nitrogens is 2. The Morgan fingerprint density at radius 1 is 1.41 bits per heavy atom. The average molecular weight is 261 g/mol. The van der Waals surface area contributed by atoms with E-state index in [2.05, 4.69) is 22.3 Å². The Morgan fingerprint density at radius 2 is 2.24 bits per heavy atom. The number of nitrogens with two attached hydrogens (primary N) is 1. The SMILES string of the molecule is CCCCOCCOc1nc(NN)ncc1Cl. The van der Waals surface area contributed by atoms with E-state index in [1.807, 2.05) is 0 Å². The summed E-state index contributed by atoms with van der Waals surface area (Å²) in [6, 6.07) is 0. The minimum atomic E-state index is 0.260. The highest BCUT2D eigenvalue weighted by molar-refractivity contribution is 6.31. The number of nitrogen functional groups attached to an aromatic ring is 1. The molecule has 0 saturated carbocycles. The van der Waals surface area contributed by atoms with Gasteiger partial charge in [0, 0.05) is 6.61 Å². The number of hydrogen-bond donors (Lipinski definition) is 2. The van der Waals surface area contributed by atoms with E-state index in [-0.39, 0.29) is 5.95 Å². The Bertz CT molecular complexity index is 338. The van der Waals surface area contributed by atoms with Gasteiger partial charge in [0.1, 0.15) is 11.6 Å². The van der Waals surface area contributed by atoms with Crippen molar-refractivity contribution in [2.75, 3.05) is 25.2 Å². The van der Waals surface area contributed by atoms with E-state index in [1.54, 1.807) is 0 Å². The van der Waals surface area contributed by atoms with E-state index < -0.39 is 0 Å². The van der Waals surface area contributed by atoms with Crippen molar-refractivity contribution in [2.45, 2.75) is 19.8 Å². The van der Waals surface area contributed by atoms with E-state index in [9.17, 15) is 0 Å². The fourth-order valence-corrected chi connectivity index (χ4v) is 1.21. The third kappa shape index (κ3) is 5.16. The predicted molar refractivity (Wildman–Crippen MR) is 66.1 cm³/mol. The first kappa shape index (κ1) is 14.0. The first-order valence-electron chi connectivity index (χ1n) is 5.47. The molecule has 0 bridgehead atoms. The summed E-state index contributed by atoms with van der Waals surface area (Å²) in [5.74, 6) is 5.74. The van der Waals surface area contributed by atoms with Crippen LogP contribution in [-0.4, -0.2) is 29.8 Å². The maximum Gasteiger partial charge on any atom is 0.240 e. The summed E-state index contributed by atoms with van der Waals surface area (Å²) in [6.07, 6.45) is 3.59. The highest BCUT2D eigenvalue weighted by Crippen LogP contribution is 2.21. The van der Waals surface area contributed by atoms with Crippen molar-refractivity contribution >= 4 is 17.5 Å². The second-order valence-electron chi connectivity index (χ2n) is 3.31. The van der Waals surface area contributed by atoms with Crippen LogP contribution < -0.4 is 16.0 Å². The zero-order valence-corrected chi connectivity index (χ0v) is 10.5. The number of hydrogen-bond acceptors (Lipinski definition) is 6. The monoisotopic (exact) mass is 260 g/mol. The largest absolute Gasteiger partial charge is 0.474 e. The van der Waals surface area contributed by atoms with Gasteiger partial charge in [-0.3, -0.25) is 5.43 Å². The van der Waals surface area contributed by atoms with Gasteiger partial charge in [-0.15, -0.1) is 0 Å². The Balaban J connectivity index is 2.30. The fourth-order valence-electron chi connectivity index (χ4n) is 1.07. The van der Waals surface area contributed by atoms with Gasteiger partial charge in [0.05, 0.1) is 12.8 Å². The highest BCUT2D eigenvalue weighted by atomic mass is 35.5. The van der Waals surface area contributed by atoms with Gasteiger partial charge in [-0.25, -0.2) is 10.8 Å². The Kier molecular flexibility index (Phi) is 6.61. The number of halogens is 1. The molecule has 96 valence electrons. The van der Waals surface area contributed by atoms with Crippen LogP contribution in [-0.2, 0) is 4.74 Å². The van der Waals surface area contributed by atoms with Gasteiger partial charge in [-0.1, -0.05) is 24.9 Å². The Hall–Kier alpha value is -1.11. The van der Waals surface area contributed by atoms with Crippen molar-refractivity contribution in [3.8, 4) is 5.88 Å². The Morgan fingerprint density at radius 3 is 2.94 bits per heavy atom. The average Bonchev–Trinajstić information content (AvgIpc) is 2.35. The van der Waals surface area contributed by atoms with E-state index in [1.165, 1.54) is 6.20 Å². The molecule has 0 radical (unpaired) electrons. The van der Waals surface area contributed by atoms with Crippen LogP contribution in [0, 0.1) is 0 Å². The topological polar surface area (TPSA) is 82.3 Å². The Labute approximate surface area is 105 Å². The highest BCUT2D eigenvalue weighted by Gasteiger charge is 2.05. The second-order valence-corrected chi connectivity index (χ2v) is 3.71. The van der Waals surface area contributed by atoms with Crippen LogP contribution in [0.2, 0.25) is 5.02 Å². The van der Waals surface area contributed by atoms with Crippen molar-refractivity contribution < 1.29 is 9.47 Å². The molecule has 0 amide bonds. The maximum absolute atomic E-state index is 5.86. The number of nitrogens with one attached hydrogen (secondary N) is 1. The molecule has 0 saturated heterocycles. The number of rotatable bonds is 8. The summed E-state index contributed by atoms with van der Waals surface area (Å²) in [7, 11) is 0. The van der Waals surface area contributed by atoms with E-state index >= 15 is 0 Å². The smallest absolute Gasteiger partial charge is 0.240 e. The second kappa shape index (κ2) is 8.05. The molecule has 6 nitrogen and oxygen atoms in total. The third-order valence-electron chi connectivity index (χ3n) is 1.95. The number of hydrazine groups is 1. The molecule has 1 aromatic rings. The minimum Gasteiger partial charge on any atom is -0.474 e. The first-order valence-corrected chi connectivity index (χ1v) is 5.85. The van der Waals surface area contributed by atoms with Gasteiger partial charge in [0.2, 0.25) is 11.8 Å². The molecule has 0 spiro atoms. The van der Waals surface area contributed by atoms with Gasteiger partial charge in [-0.05, 0) is 6.42 Å². The first-order chi connectivity index (χ1) is 8.27. The molecule has 7 heteroatoms. The lowest BCUT2D eigenvalue weighted by atomic mass is 10.4. The predicted octanol–water partition coefficient (Wildman–Crippen LogP) is 1.61. The van der Waals surface area contributed by atoms with Crippen molar-refractivity contribution in [3.63, 3.8) is 0 Å². The lowest BCUT2D eigenvalue weighted by molar-refractivity contribution is 0.0965. The fraction of sp³-hybridized carbons (Fsp3) is 0.600. The van der Waals surface area contributed by atoms with Crippen LogP contribution >= 0.6 is 11.6 Å². The summed E-state index contributed by atoms with van der Waals surface area (Å²) in [5, 5.41) is 0.345. The summed E-state index contributed by atoms with van der Waals surface area (Å²) < 4.78 is 10.7. The van der Waals surface area contributed by atoms with Crippen LogP contribution in [0.25, 0.3) is 0 Å². The standard InChI is InChI=1S/C10H17ClN4O2/c1-2-3-4-16-5-6-17-9-8(11)7-13-10(14-9)15-12/h7H,2-6,12H2,1H3,(H,13,14,15). The number of nitrogens with zero attached hydrogens (tertiary/aromatic N) is 2. The number of ether oxygens (including phenoxy) is 2. The van der Waals surface area contributed by atoms with Crippen molar-refractivity contribution in [1.82, 2.24) is 9.97 Å². The van der Waals surface area contributed by atoms with Crippen LogP contribution in [0.3, 0.4) is 0 Å². The minimum absolute atomic E-state index is 0.260. The molecule has 17 heavy (non-hydrogen) atoms. The molecular weight excluding hydrogens is 244 g/mol. The molecule has 0 aliphatic heterocycles. The molecule has 0 aromatic carbocycles. The van der Waals surface area contributed by atoms with Crippen LogP contribution in [0.4, 0.5) is 5.95 Å². The third-order valence-corrected chi connectivity index (χ3v) is 2.21. The zero-order chi connectivity index (χ0) is 12.5. The van der Waals surface area contributed by atoms with Gasteiger partial charge in [0.25, 0.3) is 0 Å². The van der Waals surface area contributed by atoms with Crippen molar-refractivity contribution in [2.24, 2.45) is 5.84 Å². The molecule has 0 aliphatic carbocycles. The van der Waals surface area contributed by atoms with Crippen LogP contribution in [0.15, 0.2) is 6.20 Å². The quantitative estimate of drug-likeness (QED) is 0.420. The molecule has 1 aromatic heterocycles. The molecule has 1 rings (SSSR count). The summed E-state index contributed by atoms with van der Waals surface area (Å²) in [4.78, 5) is 7.80. The summed E-state index contributed by atoms with van der Waals surface area (Å²) in [6.45, 7) is 3.75. The number of unbranched alkanes of at least 4 members (excludes halogenated alkanes) is 1. The molecule has 0 fully saturated rings. The lowest BCUT2D eigenvalue weighted by Crippen LogP contribution is -2.12. The van der Waals surface area contributed by atoms with Gasteiger partial charge >= 0.3 is 0 Å². The molecule has 0 atom stereocenters. The normalized spacial score (nSPS) is 10.3. The molecular formula is C10H17ClN4O2. The van der Waals surface area contributed by atoms with Gasteiger partial charge in [0.15, 0.2) is 0 Å². The van der Waals surface area contributed by atoms with E-state index in [0.29, 0.717) is 24.1 Å². The van der Waals surface area contributed by atoms with Crippen molar-refractivity contribution in [1.29, 1.82) is 0 Å². The van der Waals surface area contributed by atoms with Gasteiger partial charge < -0.3 is 9.47 Å². The maximum atomic E-state index is 5.86. The molecule has 0 unspecified atom stereocenters. The number of anilines is 1. The summed E-state index contributed by atoms with van der Waals surface area (Å²) in [5.41, 5.74) is 2.32. The molecule has 1 heterocycles. The van der Waals surface area contributed by atoms with E-state index in [4.69, 9.17) is 26.9 Å².